The fourth-order valence-corrected chi connectivity index (χ4v) is 1.56. The molecule has 0 atom stereocenters. The number of amides is 1. The predicted molar refractivity (Wildman–Crippen MR) is 60.7 cm³/mol. The first-order chi connectivity index (χ1) is 7.22. The second kappa shape index (κ2) is 6.61. The van der Waals surface area contributed by atoms with E-state index in [0.717, 1.165) is 29.6 Å². The maximum atomic E-state index is 11.3. The number of aryl methyl sites for hydroxylation is 1. The van der Waals surface area contributed by atoms with Crippen molar-refractivity contribution >= 4 is 21.8 Å². The second-order valence-corrected chi connectivity index (χ2v) is 4.14. The Bertz CT molecular complexity index is 312. The van der Waals surface area contributed by atoms with Gasteiger partial charge in [0, 0.05) is 17.8 Å². The van der Waals surface area contributed by atoms with Crippen molar-refractivity contribution < 1.29 is 9.32 Å². The molecular formula is C10H15BrN2O2. The van der Waals surface area contributed by atoms with Gasteiger partial charge in [-0.05, 0) is 19.8 Å². The van der Waals surface area contributed by atoms with Gasteiger partial charge in [0.2, 0.25) is 5.91 Å². The molecule has 15 heavy (non-hydrogen) atoms. The van der Waals surface area contributed by atoms with Crippen molar-refractivity contribution in [3.05, 3.63) is 17.5 Å². The van der Waals surface area contributed by atoms with Crippen molar-refractivity contribution in [2.45, 2.75) is 32.7 Å². The van der Waals surface area contributed by atoms with Gasteiger partial charge in [0.15, 0.2) is 0 Å². The lowest BCUT2D eigenvalue weighted by molar-refractivity contribution is -0.121. The van der Waals surface area contributed by atoms with E-state index in [0.29, 0.717) is 13.0 Å². The average molecular weight is 275 g/mol. The van der Waals surface area contributed by atoms with Gasteiger partial charge < -0.3 is 9.84 Å². The second-order valence-electron chi connectivity index (χ2n) is 3.35. The molecule has 0 saturated heterocycles. The van der Waals surface area contributed by atoms with Crippen LogP contribution in [-0.2, 0) is 11.3 Å². The number of halogens is 1. The van der Waals surface area contributed by atoms with E-state index in [9.17, 15) is 4.79 Å². The quantitative estimate of drug-likeness (QED) is 0.639. The highest BCUT2D eigenvalue weighted by Crippen LogP contribution is 2.02. The van der Waals surface area contributed by atoms with Crippen LogP contribution in [0.2, 0.25) is 0 Å². The third-order valence-electron chi connectivity index (χ3n) is 1.93. The first-order valence-electron chi connectivity index (χ1n) is 4.97. The lowest BCUT2D eigenvalue weighted by atomic mass is 10.2. The molecule has 0 unspecified atom stereocenters. The van der Waals surface area contributed by atoms with E-state index >= 15 is 0 Å². The predicted octanol–water partition coefficient (Wildman–Crippen LogP) is 2.16. The summed E-state index contributed by atoms with van der Waals surface area (Å²) in [4.78, 5) is 11.3. The number of hydrogen-bond donors (Lipinski definition) is 1. The summed E-state index contributed by atoms with van der Waals surface area (Å²) in [5, 5.41) is 7.53. The monoisotopic (exact) mass is 274 g/mol. The zero-order valence-corrected chi connectivity index (χ0v) is 10.3. The molecule has 0 fully saturated rings. The molecule has 84 valence electrons. The lowest BCUT2D eigenvalue weighted by Crippen LogP contribution is -2.22. The molecule has 0 saturated carbocycles. The number of carbonyl (C=O) groups is 1. The van der Waals surface area contributed by atoms with E-state index in [1.807, 2.05) is 13.0 Å². The number of alkyl halides is 1. The molecule has 0 aliphatic rings. The molecule has 5 heteroatoms. The molecule has 1 N–H and O–H groups in total. The summed E-state index contributed by atoms with van der Waals surface area (Å²) in [6.07, 6.45) is 2.51. The first kappa shape index (κ1) is 12.2. The number of rotatable bonds is 6. The van der Waals surface area contributed by atoms with Crippen molar-refractivity contribution in [3.8, 4) is 0 Å². The molecule has 1 heterocycles. The van der Waals surface area contributed by atoms with Crippen LogP contribution in [0.1, 0.15) is 30.7 Å². The van der Waals surface area contributed by atoms with Crippen molar-refractivity contribution in [1.82, 2.24) is 10.5 Å². The number of aromatic nitrogens is 1. The van der Waals surface area contributed by atoms with Crippen molar-refractivity contribution in [3.63, 3.8) is 0 Å². The largest absolute Gasteiger partial charge is 0.361 e. The summed E-state index contributed by atoms with van der Waals surface area (Å²) < 4.78 is 4.89. The third-order valence-corrected chi connectivity index (χ3v) is 2.49. The van der Waals surface area contributed by atoms with Gasteiger partial charge in [0.05, 0.1) is 6.54 Å². The Morgan fingerprint density at radius 2 is 2.40 bits per heavy atom. The third kappa shape index (κ3) is 4.97. The summed E-state index contributed by atoms with van der Waals surface area (Å²) in [5.41, 5.74) is 0.765. The van der Waals surface area contributed by atoms with Crippen LogP contribution in [0.25, 0.3) is 0 Å². The molecule has 0 radical (unpaired) electrons. The minimum atomic E-state index is 0.0663. The van der Waals surface area contributed by atoms with Gasteiger partial charge in [0.25, 0.3) is 0 Å². The van der Waals surface area contributed by atoms with Crippen molar-refractivity contribution in [2.24, 2.45) is 0 Å². The highest BCUT2D eigenvalue weighted by Gasteiger charge is 2.03. The van der Waals surface area contributed by atoms with Gasteiger partial charge >= 0.3 is 0 Å². The smallest absolute Gasteiger partial charge is 0.220 e. The fraction of sp³-hybridized carbons (Fsp3) is 0.600. The van der Waals surface area contributed by atoms with E-state index in [4.69, 9.17) is 4.52 Å². The highest BCUT2D eigenvalue weighted by atomic mass is 79.9. The van der Waals surface area contributed by atoms with Gasteiger partial charge in [-0.15, -0.1) is 0 Å². The van der Waals surface area contributed by atoms with Crippen LogP contribution >= 0.6 is 15.9 Å². The Hall–Kier alpha value is -0.840. The molecule has 1 rings (SSSR count). The Morgan fingerprint density at radius 1 is 1.60 bits per heavy atom. The van der Waals surface area contributed by atoms with Gasteiger partial charge in [-0.1, -0.05) is 21.1 Å². The van der Waals surface area contributed by atoms with Crippen molar-refractivity contribution in [1.29, 1.82) is 0 Å². The van der Waals surface area contributed by atoms with Crippen LogP contribution < -0.4 is 5.32 Å². The van der Waals surface area contributed by atoms with Gasteiger partial charge in [-0.25, -0.2) is 0 Å². The molecule has 1 aromatic heterocycles. The highest BCUT2D eigenvalue weighted by molar-refractivity contribution is 9.09. The molecule has 0 aromatic carbocycles. The summed E-state index contributed by atoms with van der Waals surface area (Å²) >= 11 is 3.32. The molecule has 0 aliphatic carbocycles. The normalized spacial score (nSPS) is 10.3. The molecule has 0 bridgehead atoms. The zero-order valence-electron chi connectivity index (χ0n) is 8.75. The summed E-state index contributed by atoms with van der Waals surface area (Å²) in [6, 6.07) is 1.82. The minimum absolute atomic E-state index is 0.0663. The number of carbonyl (C=O) groups excluding carboxylic acids is 1. The Morgan fingerprint density at radius 3 is 3.00 bits per heavy atom. The van der Waals surface area contributed by atoms with Gasteiger partial charge in [-0.2, -0.15) is 0 Å². The topological polar surface area (TPSA) is 55.1 Å². The van der Waals surface area contributed by atoms with E-state index in [-0.39, 0.29) is 5.91 Å². The Kier molecular flexibility index (Phi) is 5.39. The number of hydrogen-bond acceptors (Lipinski definition) is 3. The van der Waals surface area contributed by atoms with E-state index < -0.39 is 0 Å². The zero-order chi connectivity index (χ0) is 11.1. The molecule has 0 aliphatic heterocycles. The lowest BCUT2D eigenvalue weighted by Gasteiger charge is -2.01. The number of unbranched alkanes of at least 4 members (excludes halogenated alkanes) is 1. The molecule has 1 amide bonds. The van der Waals surface area contributed by atoms with Crippen LogP contribution in [0.4, 0.5) is 0 Å². The van der Waals surface area contributed by atoms with Crippen LogP contribution in [0.15, 0.2) is 10.6 Å². The average Bonchev–Trinajstić information content (AvgIpc) is 2.62. The maximum absolute atomic E-state index is 11.3. The van der Waals surface area contributed by atoms with Gasteiger partial charge in [-0.3, -0.25) is 4.79 Å². The summed E-state index contributed by atoms with van der Waals surface area (Å²) in [5.74, 6) is 0.829. The number of nitrogens with one attached hydrogen (secondary N) is 1. The Balaban J connectivity index is 2.16. The van der Waals surface area contributed by atoms with Crippen LogP contribution in [0.5, 0.6) is 0 Å². The van der Waals surface area contributed by atoms with Crippen LogP contribution in [0.3, 0.4) is 0 Å². The SMILES string of the molecule is Cc1cc(CNC(=O)CCCCBr)no1. The standard InChI is InChI=1S/C10H15BrN2O2/c1-8-6-9(13-15-8)7-12-10(14)4-2-3-5-11/h6H,2-5,7H2,1H3,(H,12,14). The Labute approximate surface area is 97.5 Å². The minimum Gasteiger partial charge on any atom is -0.361 e. The first-order valence-corrected chi connectivity index (χ1v) is 6.09. The summed E-state index contributed by atoms with van der Waals surface area (Å²) in [6.45, 7) is 2.28. The van der Waals surface area contributed by atoms with Crippen LogP contribution in [0, 0.1) is 6.92 Å². The van der Waals surface area contributed by atoms with E-state index in [1.54, 1.807) is 0 Å². The van der Waals surface area contributed by atoms with E-state index in [2.05, 4.69) is 26.4 Å². The summed E-state index contributed by atoms with van der Waals surface area (Å²) in [7, 11) is 0. The molecular weight excluding hydrogens is 260 g/mol. The van der Waals surface area contributed by atoms with Crippen molar-refractivity contribution in [2.75, 3.05) is 5.33 Å². The fourth-order valence-electron chi connectivity index (χ4n) is 1.16. The molecule has 0 spiro atoms. The maximum Gasteiger partial charge on any atom is 0.220 e. The van der Waals surface area contributed by atoms with Crippen LogP contribution in [-0.4, -0.2) is 16.4 Å². The van der Waals surface area contributed by atoms with E-state index in [1.165, 1.54) is 0 Å². The molecule has 4 nitrogen and oxygen atoms in total. The number of nitrogens with zero attached hydrogens (tertiary/aromatic N) is 1. The van der Waals surface area contributed by atoms with Gasteiger partial charge in [0.1, 0.15) is 11.5 Å². The molecule has 1 aromatic rings.